The Hall–Kier alpha value is -2.81. The summed E-state index contributed by atoms with van der Waals surface area (Å²) in [5.74, 6) is -1.24. The number of aliphatic carboxylic acids is 1. The molecule has 0 radical (unpaired) electrons. The quantitative estimate of drug-likeness (QED) is 0.270. The van der Waals surface area contributed by atoms with Crippen molar-refractivity contribution in [3.05, 3.63) is 62.1 Å². The molecule has 0 aliphatic rings. The van der Waals surface area contributed by atoms with Crippen LogP contribution in [-0.2, 0) is 4.79 Å². The lowest BCUT2D eigenvalue weighted by molar-refractivity contribution is -0.137. The Morgan fingerprint density at radius 1 is 1.00 bits per heavy atom. The van der Waals surface area contributed by atoms with Crippen LogP contribution in [0.4, 0.5) is 0 Å². The molecule has 0 aliphatic carbocycles. The van der Waals surface area contributed by atoms with Gasteiger partial charge in [0.1, 0.15) is 12.3 Å². The van der Waals surface area contributed by atoms with E-state index in [1.807, 2.05) is 12.1 Å². The average Bonchev–Trinajstić information content (AvgIpc) is 3.39. The Labute approximate surface area is 197 Å². The van der Waals surface area contributed by atoms with E-state index in [-0.39, 0.29) is 43.1 Å². The van der Waals surface area contributed by atoms with Crippen LogP contribution in [0.1, 0.15) is 51.1 Å². The van der Waals surface area contributed by atoms with Gasteiger partial charge >= 0.3 is 5.97 Å². The van der Waals surface area contributed by atoms with Gasteiger partial charge in [0.25, 0.3) is 0 Å². The average molecular weight is 490 g/mol. The number of Topliss-reactive ketones (excluding diaryl/α,β-unsaturated/α-hetero) is 2. The van der Waals surface area contributed by atoms with Crippen molar-refractivity contribution < 1.29 is 24.6 Å². The Bertz CT molecular complexity index is 1180. The minimum absolute atomic E-state index is 0.0634. The highest BCUT2D eigenvalue weighted by Crippen LogP contribution is 2.39. The van der Waals surface area contributed by atoms with Crippen molar-refractivity contribution in [2.75, 3.05) is 6.54 Å². The molecule has 0 saturated heterocycles. The standard InChI is InChI=1S/C23H20ClNO5S2/c1-13(16-12-31-23(22(16)30)14-5-7-15(24)8-6-14)25-11-18(27)20-10-9-19(32-20)17(26)3-2-4-21(28)29/h5-10,12,30H,2-4,11H2,1H3,(H,28,29). The Balaban J connectivity index is 1.65. The summed E-state index contributed by atoms with van der Waals surface area (Å²) >= 11 is 8.38. The summed E-state index contributed by atoms with van der Waals surface area (Å²) in [6.07, 6.45) is 0.331. The van der Waals surface area contributed by atoms with Gasteiger partial charge in [-0.15, -0.1) is 22.7 Å². The van der Waals surface area contributed by atoms with Crippen molar-refractivity contribution in [1.82, 2.24) is 0 Å². The second-order valence-electron chi connectivity index (χ2n) is 6.99. The predicted molar refractivity (Wildman–Crippen MR) is 128 cm³/mol. The van der Waals surface area contributed by atoms with E-state index in [4.69, 9.17) is 16.7 Å². The minimum atomic E-state index is -0.940. The number of aliphatic imine (C=N–C) groups is 1. The zero-order valence-corrected chi connectivity index (χ0v) is 19.5. The smallest absolute Gasteiger partial charge is 0.303 e. The van der Waals surface area contributed by atoms with Gasteiger partial charge in [-0.3, -0.25) is 19.4 Å². The third kappa shape index (κ3) is 5.91. The van der Waals surface area contributed by atoms with Gasteiger partial charge in [0, 0.05) is 34.5 Å². The second kappa shape index (κ2) is 10.7. The molecule has 9 heteroatoms. The first-order valence-electron chi connectivity index (χ1n) is 9.72. The molecule has 0 aliphatic heterocycles. The summed E-state index contributed by atoms with van der Waals surface area (Å²) in [6.45, 7) is 1.62. The zero-order chi connectivity index (χ0) is 23.3. The number of aromatic hydroxyl groups is 1. The first-order valence-corrected chi connectivity index (χ1v) is 11.8. The summed E-state index contributed by atoms with van der Waals surface area (Å²) in [7, 11) is 0. The van der Waals surface area contributed by atoms with E-state index < -0.39 is 5.97 Å². The molecule has 2 aromatic heterocycles. The van der Waals surface area contributed by atoms with Crippen LogP contribution in [0.3, 0.4) is 0 Å². The Kier molecular flexibility index (Phi) is 7.95. The molecule has 1 aromatic carbocycles. The van der Waals surface area contributed by atoms with Crippen LogP contribution in [0.2, 0.25) is 5.02 Å². The van der Waals surface area contributed by atoms with E-state index in [0.717, 1.165) is 16.9 Å². The van der Waals surface area contributed by atoms with Crippen molar-refractivity contribution in [3.63, 3.8) is 0 Å². The maximum atomic E-state index is 12.5. The summed E-state index contributed by atoms with van der Waals surface area (Å²) in [6, 6.07) is 10.3. The number of hydrogen-bond donors (Lipinski definition) is 2. The van der Waals surface area contributed by atoms with Crippen molar-refractivity contribution in [1.29, 1.82) is 0 Å². The van der Waals surface area contributed by atoms with Gasteiger partial charge in [0.2, 0.25) is 0 Å². The van der Waals surface area contributed by atoms with E-state index in [0.29, 0.717) is 30.9 Å². The highest BCUT2D eigenvalue weighted by molar-refractivity contribution is 7.16. The molecular weight excluding hydrogens is 470 g/mol. The molecule has 166 valence electrons. The molecule has 3 aromatic rings. The summed E-state index contributed by atoms with van der Waals surface area (Å²) in [5, 5.41) is 21.7. The molecule has 0 atom stereocenters. The number of carbonyl (C=O) groups is 3. The highest BCUT2D eigenvalue weighted by atomic mass is 35.5. The fraction of sp³-hybridized carbons (Fsp3) is 0.217. The SMILES string of the molecule is CC(=NCC(=O)c1ccc(C(=O)CCCC(=O)O)s1)c1csc(-c2ccc(Cl)cc2)c1O. The second-order valence-corrected chi connectivity index (χ2v) is 9.39. The van der Waals surface area contributed by atoms with E-state index in [1.165, 1.54) is 11.3 Å². The fourth-order valence-electron chi connectivity index (χ4n) is 2.93. The monoisotopic (exact) mass is 489 g/mol. The molecular formula is C23H20ClNO5S2. The number of nitrogens with zero attached hydrogens (tertiary/aromatic N) is 1. The maximum Gasteiger partial charge on any atom is 0.303 e. The summed E-state index contributed by atoms with van der Waals surface area (Å²) in [5.41, 5.74) is 1.94. The number of carboxylic acids is 1. The van der Waals surface area contributed by atoms with Crippen LogP contribution in [0.25, 0.3) is 10.4 Å². The van der Waals surface area contributed by atoms with Gasteiger partial charge in [-0.25, -0.2) is 0 Å². The predicted octanol–water partition coefficient (Wildman–Crippen LogP) is 5.97. The molecule has 2 N–H and O–H groups in total. The largest absolute Gasteiger partial charge is 0.506 e. The maximum absolute atomic E-state index is 12.5. The topological polar surface area (TPSA) is 104 Å². The first-order chi connectivity index (χ1) is 15.3. The van der Waals surface area contributed by atoms with Gasteiger partial charge in [-0.1, -0.05) is 23.7 Å². The number of halogens is 1. The Morgan fingerprint density at radius 3 is 2.31 bits per heavy atom. The van der Waals surface area contributed by atoms with E-state index in [1.54, 1.807) is 36.6 Å². The molecule has 2 heterocycles. The van der Waals surface area contributed by atoms with Gasteiger partial charge in [0.05, 0.1) is 14.6 Å². The minimum Gasteiger partial charge on any atom is -0.506 e. The summed E-state index contributed by atoms with van der Waals surface area (Å²) < 4.78 is 0. The van der Waals surface area contributed by atoms with Crippen LogP contribution in [-0.4, -0.2) is 40.0 Å². The van der Waals surface area contributed by atoms with Gasteiger partial charge in [-0.05, 0) is 43.2 Å². The van der Waals surface area contributed by atoms with E-state index in [9.17, 15) is 19.5 Å². The number of hydrogen-bond acceptors (Lipinski definition) is 7. The van der Waals surface area contributed by atoms with Crippen molar-refractivity contribution in [2.24, 2.45) is 4.99 Å². The van der Waals surface area contributed by atoms with Crippen molar-refractivity contribution in [3.8, 4) is 16.2 Å². The van der Waals surface area contributed by atoms with Gasteiger partial charge < -0.3 is 10.2 Å². The lowest BCUT2D eigenvalue weighted by Gasteiger charge is -2.02. The third-order valence-corrected chi connectivity index (χ3v) is 7.11. The lowest BCUT2D eigenvalue weighted by atomic mass is 10.1. The fourth-order valence-corrected chi connectivity index (χ4v) is 4.97. The number of rotatable bonds is 10. The van der Waals surface area contributed by atoms with Gasteiger partial charge in [-0.2, -0.15) is 0 Å². The first kappa shape index (κ1) is 23.8. The van der Waals surface area contributed by atoms with Crippen LogP contribution in [0.5, 0.6) is 5.75 Å². The van der Waals surface area contributed by atoms with Crippen LogP contribution >= 0.6 is 34.3 Å². The van der Waals surface area contributed by atoms with Crippen LogP contribution in [0, 0.1) is 0 Å². The normalized spacial score (nSPS) is 11.5. The molecule has 0 amide bonds. The molecule has 6 nitrogen and oxygen atoms in total. The molecule has 0 bridgehead atoms. The molecule has 0 saturated carbocycles. The number of ketones is 2. The van der Waals surface area contributed by atoms with Crippen LogP contribution in [0.15, 0.2) is 46.8 Å². The highest BCUT2D eigenvalue weighted by Gasteiger charge is 2.17. The molecule has 0 spiro atoms. The number of thiophene rings is 2. The molecule has 0 fully saturated rings. The molecule has 32 heavy (non-hydrogen) atoms. The number of carbonyl (C=O) groups excluding carboxylic acids is 2. The Morgan fingerprint density at radius 2 is 1.66 bits per heavy atom. The molecule has 3 rings (SSSR count). The number of carboxylic acid groups (broad SMARTS) is 1. The number of benzene rings is 1. The lowest BCUT2D eigenvalue weighted by Crippen LogP contribution is -2.04. The van der Waals surface area contributed by atoms with Crippen LogP contribution < -0.4 is 0 Å². The van der Waals surface area contributed by atoms with Crippen molar-refractivity contribution >= 4 is 57.5 Å². The van der Waals surface area contributed by atoms with E-state index in [2.05, 4.69) is 4.99 Å². The van der Waals surface area contributed by atoms with E-state index >= 15 is 0 Å². The zero-order valence-electron chi connectivity index (χ0n) is 17.1. The molecule has 0 unspecified atom stereocenters. The van der Waals surface area contributed by atoms with Crippen molar-refractivity contribution in [2.45, 2.75) is 26.2 Å². The third-order valence-electron chi connectivity index (χ3n) is 4.67. The van der Waals surface area contributed by atoms with Gasteiger partial charge in [0.15, 0.2) is 11.6 Å². The summed E-state index contributed by atoms with van der Waals surface area (Å²) in [4.78, 5) is 41.1.